The normalized spacial score (nSPS) is 11.4. The van der Waals surface area contributed by atoms with Crippen LogP contribution >= 0.6 is 0 Å². The number of benzene rings is 9. The molecule has 9 aromatic carbocycles. The molecule has 11 aromatic rings. The van der Waals surface area contributed by atoms with Gasteiger partial charge in [0.1, 0.15) is 0 Å². The number of para-hydroxylation sites is 4. The molecule has 0 radical (unpaired) electrons. The van der Waals surface area contributed by atoms with Crippen LogP contribution in [-0.4, -0.2) is 9.97 Å². The number of anilines is 6. The summed E-state index contributed by atoms with van der Waals surface area (Å²) < 4.78 is 0. The first-order valence-electron chi connectivity index (χ1n) is 23.0. The van der Waals surface area contributed by atoms with Gasteiger partial charge in [-0.15, -0.1) is 0 Å². The highest BCUT2D eigenvalue weighted by atomic mass is 15.2. The standard InChI is InChI=1S/C64H46N4/c1-7-19-49(20-8-1)63-59-41-33-47(31-35-51-37-39-57(45-65-51)67(53-23-11-3-12-24-53)54-25-13-4-14-26-54)43-61(59)62-44-48(34-42-60(62)64(63)50-21-9-2-10-22-50)32-36-52-38-40-58(46-66-52)68(55-27-15-5-16-28-55)56-29-17-6-18-30-56/h1-46H/b35-31+,36-32+. The summed E-state index contributed by atoms with van der Waals surface area (Å²) in [6.45, 7) is 0. The van der Waals surface area contributed by atoms with Crippen LogP contribution in [0.5, 0.6) is 0 Å². The van der Waals surface area contributed by atoms with E-state index < -0.39 is 0 Å². The predicted molar refractivity (Wildman–Crippen MR) is 288 cm³/mol. The first-order chi connectivity index (χ1) is 33.7. The van der Waals surface area contributed by atoms with E-state index in [4.69, 9.17) is 9.97 Å². The van der Waals surface area contributed by atoms with E-state index in [0.29, 0.717) is 0 Å². The molecule has 0 amide bonds. The second-order valence-corrected chi connectivity index (χ2v) is 16.7. The molecule has 0 aliphatic carbocycles. The van der Waals surface area contributed by atoms with E-state index in [1.807, 2.05) is 36.7 Å². The maximum Gasteiger partial charge on any atom is 0.0645 e. The Hall–Kier alpha value is -9.12. The van der Waals surface area contributed by atoms with Crippen LogP contribution in [0.4, 0.5) is 34.1 Å². The third-order valence-electron chi connectivity index (χ3n) is 12.3. The smallest absolute Gasteiger partial charge is 0.0645 e. The third kappa shape index (κ3) is 8.70. The van der Waals surface area contributed by atoms with Crippen molar-refractivity contribution in [2.24, 2.45) is 0 Å². The van der Waals surface area contributed by atoms with E-state index in [1.54, 1.807) is 0 Å². The first kappa shape index (κ1) is 41.6. The van der Waals surface area contributed by atoms with Crippen molar-refractivity contribution in [3.05, 3.63) is 278 Å². The number of nitrogens with zero attached hydrogens (tertiary/aromatic N) is 4. The Morgan fingerprint density at radius 1 is 0.265 bits per heavy atom. The Labute approximate surface area is 397 Å². The summed E-state index contributed by atoms with van der Waals surface area (Å²) in [4.78, 5) is 14.3. The molecule has 0 aliphatic rings. The molecular weight excluding hydrogens is 825 g/mol. The second kappa shape index (κ2) is 19.2. The molecular formula is C64H46N4. The lowest BCUT2D eigenvalue weighted by Crippen LogP contribution is -2.10. The average molecular weight is 871 g/mol. The van der Waals surface area contributed by atoms with Crippen molar-refractivity contribution < 1.29 is 0 Å². The molecule has 0 fully saturated rings. The predicted octanol–water partition coefficient (Wildman–Crippen LogP) is 17.4. The molecule has 4 nitrogen and oxygen atoms in total. The molecule has 0 saturated carbocycles. The van der Waals surface area contributed by atoms with Gasteiger partial charge in [0.2, 0.25) is 0 Å². The third-order valence-corrected chi connectivity index (χ3v) is 12.3. The minimum absolute atomic E-state index is 0.881. The van der Waals surface area contributed by atoms with Crippen molar-refractivity contribution in [2.45, 2.75) is 0 Å². The molecule has 0 unspecified atom stereocenters. The van der Waals surface area contributed by atoms with Crippen LogP contribution in [0.3, 0.4) is 0 Å². The van der Waals surface area contributed by atoms with Crippen molar-refractivity contribution in [1.29, 1.82) is 0 Å². The number of rotatable bonds is 12. The van der Waals surface area contributed by atoms with Crippen LogP contribution in [0.1, 0.15) is 22.5 Å². The van der Waals surface area contributed by atoms with E-state index in [0.717, 1.165) is 56.6 Å². The van der Waals surface area contributed by atoms with Gasteiger partial charge in [0.05, 0.1) is 35.2 Å². The highest BCUT2D eigenvalue weighted by Gasteiger charge is 2.19. The SMILES string of the molecule is C(=C\c1ccc(N(c2ccccc2)c2ccccc2)cn1)/c1ccc2c(-c3ccccc3)c(-c3ccccc3)c3ccc(/C=C/c4ccc(N(c5ccccc5)c5ccccc5)cn4)cc3c2c1. The van der Waals surface area contributed by atoms with E-state index in [2.05, 4.69) is 252 Å². The van der Waals surface area contributed by atoms with Crippen LogP contribution in [0.15, 0.2) is 255 Å². The maximum atomic E-state index is 4.93. The fourth-order valence-electron chi connectivity index (χ4n) is 9.11. The van der Waals surface area contributed by atoms with Gasteiger partial charge in [-0.25, -0.2) is 0 Å². The van der Waals surface area contributed by atoms with Gasteiger partial charge in [0, 0.05) is 22.7 Å². The summed E-state index contributed by atoms with van der Waals surface area (Å²) in [6.07, 6.45) is 12.4. The largest absolute Gasteiger partial charge is 0.309 e. The van der Waals surface area contributed by atoms with Gasteiger partial charge in [-0.2, -0.15) is 0 Å². The molecule has 0 spiro atoms. The quantitative estimate of drug-likeness (QED) is 0.115. The van der Waals surface area contributed by atoms with Crippen molar-refractivity contribution >= 4 is 80.0 Å². The summed E-state index contributed by atoms with van der Waals surface area (Å²) in [6, 6.07) is 85.4. The molecule has 322 valence electrons. The number of pyridine rings is 2. The molecule has 4 heteroatoms. The lowest BCUT2D eigenvalue weighted by molar-refractivity contribution is 1.22. The molecule has 0 aliphatic heterocycles. The number of aromatic nitrogens is 2. The highest BCUT2D eigenvalue weighted by Crippen LogP contribution is 2.45. The molecule has 11 rings (SSSR count). The summed E-state index contributed by atoms with van der Waals surface area (Å²) >= 11 is 0. The lowest BCUT2D eigenvalue weighted by atomic mass is 9.84. The Morgan fingerprint density at radius 2 is 0.588 bits per heavy atom. The molecule has 0 atom stereocenters. The summed E-state index contributed by atoms with van der Waals surface area (Å²) in [5.41, 5.74) is 15.1. The van der Waals surface area contributed by atoms with E-state index >= 15 is 0 Å². The number of fused-ring (bicyclic) bond motifs is 3. The average Bonchev–Trinajstić information content (AvgIpc) is 3.42. The summed E-state index contributed by atoms with van der Waals surface area (Å²) in [5, 5.41) is 4.77. The van der Waals surface area contributed by atoms with Gasteiger partial charge in [0.25, 0.3) is 0 Å². The number of hydrogen-bond donors (Lipinski definition) is 0. The van der Waals surface area contributed by atoms with Gasteiger partial charge in [-0.3, -0.25) is 9.97 Å². The zero-order valence-electron chi connectivity index (χ0n) is 37.3. The van der Waals surface area contributed by atoms with Gasteiger partial charge < -0.3 is 9.80 Å². The topological polar surface area (TPSA) is 32.3 Å². The monoisotopic (exact) mass is 870 g/mol. The van der Waals surface area contributed by atoms with Crippen LogP contribution < -0.4 is 9.80 Å². The minimum atomic E-state index is 0.881. The van der Waals surface area contributed by atoms with Gasteiger partial charge in [0.15, 0.2) is 0 Å². The molecule has 0 saturated heterocycles. The summed E-state index contributed by atoms with van der Waals surface area (Å²) in [5.74, 6) is 0. The highest BCUT2D eigenvalue weighted by molar-refractivity contribution is 6.22. The zero-order valence-corrected chi connectivity index (χ0v) is 37.3. The fraction of sp³-hybridized carbons (Fsp3) is 0. The van der Waals surface area contributed by atoms with Gasteiger partial charge in [-0.1, -0.05) is 170 Å². The van der Waals surface area contributed by atoms with E-state index in [1.165, 1.54) is 43.8 Å². The van der Waals surface area contributed by atoms with Crippen molar-refractivity contribution in [3.63, 3.8) is 0 Å². The van der Waals surface area contributed by atoms with Crippen molar-refractivity contribution in [2.75, 3.05) is 9.80 Å². The number of hydrogen-bond acceptors (Lipinski definition) is 4. The van der Waals surface area contributed by atoms with Gasteiger partial charge >= 0.3 is 0 Å². The van der Waals surface area contributed by atoms with Gasteiger partial charge in [-0.05, 0) is 152 Å². The van der Waals surface area contributed by atoms with Crippen LogP contribution in [-0.2, 0) is 0 Å². The van der Waals surface area contributed by atoms with Crippen LogP contribution in [0, 0.1) is 0 Å². The second-order valence-electron chi connectivity index (χ2n) is 16.7. The van der Waals surface area contributed by atoms with Crippen molar-refractivity contribution in [1.82, 2.24) is 9.97 Å². The Kier molecular flexibility index (Phi) is 11.7. The van der Waals surface area contributed by atoms with E-state index in [-0.39, 0.29) is 0 Å². The minimum Gasteiger partial charge on any atom is -0.309 e. The molecule has 0 N–H and O–H groups in total. The van der Waals surface area contributed by atoms with E-state index in [9.17, 15) is 0 Å². The maximum absolute atomic E-state index is 4.93. The van der Waals surface area contributed by atoms with Crippen LogP contribution in [0.25, 0.3) is 68.1 Å². The summed E-state index contributed by atoms with van der Waals surface area (Å²) in [7, 11) is 0. The Bertz CT molecular complexity index is 3190. The molecule has 2 aromatic heterocycles. The first-order valence-corrected chi connectivity index (χ1v) is 23.0. The zero-order chi connectivity index (χ0) is 45.5. The Balaban J connectivity index is 0.973. The molecule has 0 bridgehead atoms. The molecule has 2 heterocycles. The van der Waals surface area contributed by atoms with Crippen LogP contribution in [0.2, 0.25) is 0 Å². The van der Waals surface area contributed by atoms with Crippen molar-refractivity contribution in [3.8, 4) is 22.3 Å². The fourth-order valence-corrected chi connectivity index (χ4v) is 9.11. The Morgan fingerprint density at radius 3 is 0.897 bits per heavy atom. The molecule has 68 heavy (non-hydrogen) atoms. The lowest BCUT2D eigenvalue weighted by Gasteiger charge is -2.25.